The van der Waals surface area contributed by atoms with Gasteiger partial charge in [-0.25, -0.2) is 4.39 Å². The van der Waals surface area contributed by atoms with E-state index in [9.17, 15) is 14.0 Å². The van der Waals surface area contributed by atoms with Gasteiger partial charge in [0.2, 0.25) is 0 Å². The lowest BCUT2D eigenvalue weighted by Gasteiger charge is -2.36. The van der Waals surface area contributed by atoms with Crippen molar-refractivity contribution in [3.05, 3.63) is 63.9 Å². The summed E-state index contributed by atoms with van der Waals surface area (Å²) < 4.78 is 22.6. The van der Waals surface area contributed by atoms with Crippen molar-refractivity contribution in [3.8, 4) is 5.75 Å². The molecule has 1 fully saturated rings. The third-order valence-electron chi connectivity index (χ3n) is 5.57. The molecule has 6 nitrogen and oxygen atoms in total. The van der Waals surface area contributed by atoms with Gasteiger partial charge >= 0.3 is 5.97 Å². The number of esters is 1. The Morgan fingerprint density at radius 3 is 2.41 bits per heavy atom. The largest absolute Gasteiger partial charge is 0.493 e. The van der Waals surface area contributed by atoms with E-state index in [1.54, 1.807) is 12.1 Å². The molecule has 0 N–H and O–H groups in total. The smallest absolute Gasteiger partial charge is 0.319 e. The summed E-state index contributed by atoms with van der Waals surface area (Å²) in [7, 11) is 3.42. The standard InChI is InChI=1S/C18H26Cl2N2O3.C7H5FO/c1-21(13-18(23)24-2)14-6-9-22(10-7-14)8-3-11-25-15-4-5-16(19)17(20)12-15;8-7-3-1-6(5-9)2-4-7/h4-5,12,14H,3,6-11,13H2,1-2H3;1-5H. The number of likely N-dealkylation sites (N-methyl/N-ethyl adjacent to an activating group) is 1. The highest BCUT2D eigenvalue weighted by molar-refractivity contribution is 6.42. The Morgan fingerprint density at radius 2 is 1.82 bits per heavy atom. The Hall–Kier alpha value is -2.19. The van der Waals surface area contributed by atoms with E-state index in [0.29, 0.717) is 41.1 Å². The molecule has 3 rings (SSSR count). The number of ether oxygens (including phenoxy) is 2. The van der Waals surface area contributed by atoms with Crippen molar-refractivity contribution in [1.82, 2.24) is 9.80 Å². The van der Waals surface area contributed by atoms with Gasteiger partial charge in [-0.1, -0.05) is 23.2 Å². The van der Waals surface area contributed by atoms with Crippen molar-refractivity contribution in [3.63, 3.8) is 0 Å². The summed E-state index contributed by atoms with van der Waals surface area (Å²) in [5, 5.41) is 1.05. The van der Waals surface area contributed by atoms with E-state index in [1.807, 2.05) is 13.1 Å². The summed E-state index contributed by atoms with van der Waals surface area (Å²) in [6.07, 6.45) is 3.78. The predicted molar refractivity (Wildman–Crippen MR) is 132 cm³/mol. The molecular formula is C25H31Cl2FN2O4. The summed E-state index contributed by atoms with van der Waals surface area (Å²) >= 11 is 11.9. The van der Waals surface area contributed by atoms with E-state index in [4.69, 9.17) is 32.7 Å². The minimum absolute atomic E-state index is 0.176. The predicted octanol–water partition coefficient (Wildman–Crippen LogP) is 4.97. The monoisotopic (exact) mass is 512 g/mol. The number of nitrogens with zero attached hydrogens (tertiary/aromatic N) is 2. The molecule has 2 aromatic carbocycles. The summed E-state index contributed by atoms with van der Waals surface area (Å²) in [6.45, 7) is 4.11. The number of hydrogen-bond donors (Lipinski definition) is 0. The Kier molecular flexibility index (Phi) is 12.3. The zero-order valence-electron chi connectivity index (χ0n) is 19.5. The highest BCUT2D eigenvalue weighted by atomic mass is 35.5. The van der Waals surface area contributed by atoms with E-state index in [-0.39, 0.29) is 11.8 Å². The summed E-state index contributed by atoms with van der Waals surface area (Å²) in [6, 6.07) is 11.1. The fourth-order valence-corrected chi connectivity index (χ4v) is 3.86. The maximum absolute atomic E-state index is 12.1. The molecule has 0 saturated carbocycles. The molecule has 1 aliphatic rings. The number of benzene rings is 2. The van der Waals surface area contributed by atoms with Crippen molar-refractivity contribution in [1.29, 1.82) is 0 Å². The second-order valence-corrected chi connectivity index (χ2v) is 8.83. The molecule has 1 aliphatic heterocycles. The Labute approximate surface area is 210 Å². The minimum atomic E-state index is -0.319. The molecule has 1 heterocycles. The Bertz CT molecular complexity index is 906. The number of rotatable bonds is 9. The van der Waals surface area contributed by atoms with Gasteiger partial charge in [-0.3, -0.25) is 14.5 Å². The topological polar surface area (TPSA) is 59.1 Å². The van der Waals surface area contributed by atoms with Crippen LogP contribution < -0.4 is 4.74 Å². The molecule has 0 aromatic heterocycles. The first-order valence-electron chi connectivity index (χ1n) is 11.1. The SMILES string of the molecule is COC(=O)CN(C)C1CCN(CCCOc2ccc(Cl)c(Cl)c2)CC1.O=Cc1ccc(F)cc1. The van der Waals surface area contributed by atoms with Gasteiger partial charge in [-0.2, -0.15) is 0 Å². The first kappa shape index (κ1) is 28.1. The zero-order chi connectivity index (χ0) is 24.9. The van der Waals surface area contributed by atoms with Crippen molar-refractivity contribution in [2.24, 2.45) is 0 Å². The number of halogens is 3. The molecule has 0 aliphatic carbocycles. The third-order valence-corrected chi connectivity index (χ3v) is 6.31. The van der Waals surface area contributed by atoms with Crippen molar-refractivity contribution in [2.45, 2.75) is 25.3 Å². The molecule has 0 spiro atoms. The van der Waals surface area contributed by atoms with Crippen LogP contribution in [0.25, 0.3) is 0 Å². The van der Waals surface area contributed by atoms with Crippen LogP contribution in [0.5, 0.6) is 5.75 Å². The van der Waals surface area contributed by atoms with Gasteiger partial charge in [-0.05, 0) is 75.8 Å². The molecular weight excluding hydrogens is 482 g/mol. The highest BCUT2D eigenvalue weighted by Gasteiger charge is 2.23. The number of carbonyl (C=O) groups is 2. The maximum Gasteiger partial charge on any atom is 0.319 e. The van der Waals surface area contributed by atoms with Crippen LogP contribution >= 0.6 is 23.2 Å². The van der Waals surface area contributed by atoms with Crippen LogP contribution in [0, 0.1) is 5.82 Å². The van der Waals surface area contributed by atoms with E-state index >= 15 is 0 Å². The highest BCUT2D eigenvalue weighted by Crippen LogP contribution is 2.26. The molecule has 9 heteroatoms. The van der Waals surface area contributed by atoms with Crippen LogP contribution in [0.3, 0.4) is 0 Å². The van der Waals surface area contributed by atoms with Crippen LogP contribution in [-0.4, -0.2) is 75.0 Å². The second kappa shape index (κ2) is 14.9. The molecule has 34 heavy (non-hydrogen) atoms. The lowest BCUT2D eigenvalue weighted by atomic mass is 10.0. The average Bonchev–Trinajstić information content (AvgIpc) is 2.85. The number of likely N-dealkylation sites (tertiary alicyclic amines) is 1. The first-order valence-corrected chi connectivity index (χ1v) is 11.9. The van der Waals surface area contributed by atoms with Gasteiger partial charge in [0, 0.05) is 24.2 Å². The van der Waals surface area contributed by atoms with Crippen molar-refractivity contribution < 1.29 is 23.5 Å². The normalized spacial score (nSPS) is 14.3. The van der Waals surface area contributed by atoms with Crippen molar-refractivity contribution in [2.75, 3.05) is 46.9 Å². The molecule has 1 saturated heterocycles. The van der Waals surface area contributed by atoms with Gasteiger partial charge in [-0.15, -0.1) is 0 Å². The van der Waals surface area contributed by atoms with Gasteiger partial charge < -0.3 is 14.4 Å². The number of hydrogen-bond acceptors (Lipinski definition) is 6. The molecule has 0 atom stereocenters. The Morgan fingerprint density at radius 1 is 1.15 bits per heavy atom. The van der Waals surface area contributed by atoms with Crippen LogP contribution in [0.15, 0.2) is 42.5 Å². The van der Waals surface area contributed by atoms with Crippen LogP contribution in [0.1, 0.15) is 29.6 Å². The maximum atomic E-state index is 12.1. The van der Waals surface area contributed by atoms with E-state index in [1.165, 1.54) is 31.4 Å². The second-order valence-electron chi connectivity index (χ2n) is 8.01. The fourth-order valence-electron chi connectivity index (χ4n) is 3.57. The number of piperidine rings is 1. The number of aldehydes is 1. The summed E-state index contributed by atoms with van der Waals surface area (Å²) in [5.74, 6) is 0.252. The zero-order valence-corrected chi connectivity index (χ0v) is 21.0. The fraction of sp³-hybridized carbons (Fsp3) is 0.440. The van der Waals surface area contributed by atoms with Crippen LogP contribution in [0.4, 0.5) is 4.39 Å². The lowest BCUT2D eigenvalue weighted by molar-refractivity contribution is -0.142. The van der Waals surface area contributed by atoms with E-state index in [0.717, 1.165) is 44.6 Å². The van der Waals surface area contributed by atoms with Crippen LogP contribution in [0.2, 0.25) is 10.0 Å². The first-order chi connectivity index (χ1) is 16.3. The summed E-state index contributed by atoms with van der Waals surface area (Å²) in [4.78, 5) is 25.9. The third kappa shape index (κ3) is 9.97. The molecule has 2 aromatic rings. The molecule has 0 unspecified atom stereocenters. The van der Waals surface area contributed by atoms with E-state index in [2.05, 4.69) is 9.80 Å². The van der Waals surface area contributed by atoms with Gasteiger partial charge in [0.1, 0.15) is 17.9 Å². The minimum Gasteiger partial charge on any atom is -0.493 e. The number of carbonyl (C=O) groups excluding carboxylic acids is 2. The average molecular weight is 513 g/mol. The molecule has 0 bridgehead atoms. The van der Waals surface area contributed by atoms with Gasteiger partial charge in [0.25, 0.3) is 0 Å². The van der Waals surface area contributed by atoms with Crippen LogP contribution in [-0.2, 0) is 9.53 Å². The van der Waals surface area contributed by atoms with Crippen molar-refractivity contribution >= 4 is 35.5 Å². The van der Waals surface area contributed by atoms with Gasteiger partial charge in [0.15, 0.2) is 0 Å². The quantitative estimate of drug-likeness (QED) is 0.268. The Balaban J connectivity index is 0.000000379. The van der Waals surface area contributed by atoms with Gasteiger partial charge in [0.05, 0.1) is 30.3 Å². The number of methoxy groups -OCH3 is 1. The van der Waals surface area contributed by atoms with E-state index < -0.39 is 0 Å². The lowest BCUT2D eigenvalue weighted by Crippen LogP contribution is -2.45. The molecule has 0 amide bonds. The molecule has 0 radical (unpaired) electrons. The summed E-state index contributed by atoms with van der Waals surface area (Å²) in [5.41, 5.74) is 0.497. The molecule has 186 valence electrons.